The average molecular weight is 251 g/mol. The summed E-state index contributed by atoms with van der Waals surface area (Å²) in [6, 6.07) is 7.13. The van der Waals surface area contributed by atoms with E-state index < -0.39 is 11.9 Å². The molecule has 2 nitrogen and oxygen atoms in total. The lowest BCUT2D eigenvalue weighted by Crippen LogP contribution is -2.09. The molecule has 0 saturated heterocycles. The fourth-order valence-corrected chi connectivity index (χ4v) is 1.61. The van der Waals surface area contributed by atoms with E-state index in [0.717, 1.165) is 11.1 Å². The van der Waals surface area contributed by atoms with E-state index in [0.29, 0.717) is 0 Å². The molecular formula is C13H10F3N2. The molecule has 1 radical (unpaired) electrons. The third kappa shape index (κ3) is 2.61. The van der Waals surface area contributed by atoms with Gasteiger partial charge in [-0.1, -0.05) is 36.9 Å². The van der Waals surface area contributed by atoms with Crippen molar-refractivity contribution >= 4 is 6.08 Å². The van der Waals surface area contributed by atoms with Crippen molar-refractivity contribution in [3.63, 3.8) is 0 Å². The maximum atomic E-state index is 12.6. The predicted octanol–water partition coefficient (Wildman–Crippen LogP) is 3.46. The quantitative estimate of drug-likeness (QED) is 0.889. The molecule has 0 aliphatic carbocycles. The Hall–Kier alpha value is -2.04. The fraction of sp³-hybridized carbons (Fsp3) is 0.154. The molecule has 0 aliphatic heterocycles. The van der Waals surface area contributed by atoms with E-state index in [-0.39, 0.29) is 12.0 Å². The molecule has 2 aromatic rings. The summed E-state index contributed by atoms with van der Waals surface area (Å²) < 4.78 is 37.8. The number of aromatic nitrogens is 2. The summed E-state index contributed by atoms with van der Waals surface area (Å²) in [4.78, 5) is 0. The van der Waals surface area contributed by atoms with Crippen LogP contribution < -0.4 is 0 Å². The Kier molecular flexibility index (Phi) is 3.23. The summed E-state index contributed by atoms with van der Waals surface area (Å²) in [6.07, 6.45) is -0.266. The number of hydrogen-bond acceptors (Lipinski definition) is 1. The summed E-state index contributed by atoms with van der Waals surface area (Å²) in [6.45, 7) is 3.61. The van der Waals surface area contributed by atoms with E-state index in [1.807, 2.05) is 5.10 Å². The van der Waals surface area contributed by atoms with Gasteiger partial charge in [-0.25, -0.2) is 0 Å². The Balaban J connectivity index is 2.23. The SMILES string of the molecule is C=Cc1ccc(Cc2[c]n[nH]c2C(F)(F)F)cc1. The maximum Gasteiger partial charge on any atom is 0.433 e. The van der Waals surface area contributed by atoms with Crippen LogP contribution in [-0.4, -0.2) is 10.2 Å². The molecule has 0 bridgehead atoms. The molecule has 2 rings (SSSR count). The van der Waals surface area contributed by atoms with E-state index in [9.17, 15) is 13.2 Å². The van der Waals surface area contributed by atoms with Gasteiger partial charge in [0.05, 0.1) is 0 Å². The monoisotopic (exact) mass is 251 g/mol. The molecular weight excluding hydrogens is 241 g/mol. The van der Waals surface area contributed by atoms with Crippen LogP contribution in [0, 0.1) is 6.20 Å². The number of aromatic amines is 1. The van der Waals surface area contributed by atoms with Crippen LogP contribution in [0.1, 0.15) is 22.4 Å². The van der Waals surface area contributed by atoms with Gasteiger partial charge in [-0.2, -0.15) is 18.3 Å². The molecule has 0 amide bonds. The lowest BCUT2D eigenvalue weighted by Gasteiger charge is -2.06. The molecule has 0 spiro atoms. The van der Waals surface area contributed by atoms with Crippen LogP contribution in [0.15, 0.2) is 30.8 Å². The van der Waals surface area contributed by atoms with Crippen molar-refractivity contribution in [3.05, 3.63) is 59.4 Å². The van der Waals surface area contributed by atoms with Crippen molar-refractivity contribution in [2.24, 2.45) is 0 Å². The van der Waals surface area contributed by atoms with Crippen LogP contribution in [-0.2, 0) is 12.6 Å². The second-order valence-corrected chi connectivity index (χ2v) is 3.81. The van der Waals surface area contributed by atoms with Gasteiger partial charge in [0, 0.05) is 12.0 Å². The standard InChI is InChI=1S/C13H10F3N2/c1-2-9-3-5-10(6-4-9)7-11-8-17-18-12(11)13(14,15)16/h2-6H,1,7H2,(H,17,18). The van der Waals surface area contributed by atoms with Gasteiger partial charge >= 0.3 is 6.18 Å². The predicted molar refractivity (Wildman–Crippen MR) is 61.8 cm³/mol. The topological polar surface area (TPSA) is 28.7 Å². The van der Waals surface area contributed by atoms with Crippen LogP contribution >= 0.6 is 0 Å². The highest BCUT2D eigenvalue weighted by Crippen LogP contribution is 2.30. The van der Waals surface area contributed by atoms with Crippen LogP contribution in [0.25, 0.3) is 6.08 Å². The maximum absolute atomic E-state index is 12.6. The molecule has 0 aliphatic rings. The minimum absolute atomic E-state index is 0.0221. The summed E-state index contributed by atoms with van der Waals surface area (Å²) >= 11 is 0. The number of hydrogen-bond donors (Lipinski definition) is 1. The lowest BCUT2D eigenvalue weighted by atomic mass is 10.0. The number of nitrogens with one attached hydrogen (secondary N) is 1. The smallest absolute Gasteiger partial charge is 0.273 e. The highest BCUT2D eigenvalue weighted by molar-refractivity contribution is 5.47. The van der Waals surface area contributed by atoms with Gasteiger partial charge in [0.25, 0.3) is 0 Å². The Bertz CT molecular complexity index is 538. The fourth-order valence-electron chi connectivity index (χ4n) is 1.61. The van der Waals surface area contributed by atoms with Gasteiger partial charge < -0.3 is 0 Å². The first-order valence-corrected chi connectivity index (χ1v) is 5.24. The molecule has 0 saturated carbocycles. The first-order valence-electron chi connectivity index (χ1n) is 5.24. The summed E-state index contributed by atoms with van der Waals surface area (Å²) in [5.74, 6) is 0. The van der Waals surface area contributed by atoms with Crippen molar-refractivity contribution in [1.29, 1.82) is 0 Å². The Morgan fingerprint density at radius 1 is 1.28 bits per heavy atom. The van der Waals surface area contributed by atoms with Crippen LogP contribution in [0.2, 0.25) is 0 Å². The Morgan fingerprint density at radius 2 is 1.94 bits per heavy atom. The van der Waals surface area contributed by atoms with Gasteiger partial charge in [-0.05, 0) is 11.1 Å². The molecule has 93 valence electrons. The Morgan fingerprint density at radius 3 is 2.50 bits per heavy atom. The number of rotatable bonds is 3. The summed E-state index contributed by atoms with van der Waals surface area (Å²) in [5, 5.41) is 5.27. The minimum Gasteiger partial charge on any atom is -0.273 e. The zero-order valence-corrected chi connectivity index (χ0v) is 9.38. The number of H-pyrrole nitrogens is 1. The molecule has 1 aromatic heterocycles. The third-order valence-electron chi connectivity index (χ3n) is 2.54. The highest BCUT2D eigenvalue weighted by atomic mass is 19.4. The third-order valence-corrected chi connectivity index (χ3v) is 2.54. The summed E-state index contributed by atoms with van der Waals surface area (Å²) in [5.41, 5.74) is 0.874. The van der Waals surface area contributed by atoms with Crippen LogP contribution in [0.5, 0.6) is 0 Å². The number of nitrogens with zero attached hydrogens (tertiary/aromatic N) is 1. The molecule has 18 heavy (non-hydrogen) atoms. The first-order chi connectivity index (χ1) is 8.50. The van der Waals surface area contributed by atoms with Gasteiger partial charge in [0.1, 0.15) is 11.9 Å². The van der Waals surface area contributed by atoms with Gasteiger partial charge in [0.2, 0.25) is 0 Å². The normalized spacial score (nSPS) is 11.5. The molecule has 1 N–H and O–H groups in total. The van der Waals surface area contributed by atoms with Crippen LogP contribution in [0.4, 0.5) is 13.2 Å². The molecule has 0 atom stereocenters. The van der Waals surface area contributed by atoms with E-state index in [2.05, 4.69) is 17.9 Å². The second kappa shape index (κ2) is 4.68. The number of alkyl halides is 3. The van der Waals surface area contributed by atoms with Crippen molar-refractivity contribution in [3.8, 4) is 0 Å². The van der Waals surface area contributed by atoms with Gasteiger partial charge in [0.15, 0.2) is 0 Å². The molecule has 1 aromatic carbocycles. The van der Waals surface area contributed by atoms with Crippen molar-refractivity contribution in [2.45, 2.75) is 12.6 Å². The number of benzene rings is 1. The molecule has 0 unspecified atom stereocenters. The molecule has 5 heteroatoms. The van der Waals surface area contributed by atoms with E-state index >= 15 is 0 Å². The average Bonchev–Trinajstić information content (AvgIpc) is 2.78. The van der Waals surface area contributed by atoms with E-state index in [1.165, 1.54) is 0 Å². The Labute approximate surface area is 102 Å². The van der Waals surface area contributed by atoms with Gasteiger partial charge in [-0.15, -0.1) is 0 Å². The van der Waals surface area contributed by atoms with Crippen molar-refractivity contribution in [1.82, 2.24) is 10.2 Å². The largest absolute Gasteiger partial charge is 0.433 e. The number of halogens is 3. The van der Waals surface area contributed by atoms with Gasteiger partial charge in [-0.3, -0.25) is 5.10 Å². The minimum atomic E-state index is -4.43. The highest BCUT2D eigenvalue weighted by Gasteiger charge is 2.35. The van der Waals surface area contributed by atoms with Crippen molar-refractivity contribution in [2.75, 3.05) is 0 Å². The zero-order chi connectivity index (χ0) is 13.2. The van der Waals surface area contributed by atoms with Crippen molar-refractivity contribution < 1.29 is 13.2 Å². The lowest BCUT2D eigenvalue weighted by molar-refractivity contribution is -0.141. The van der Waals surface area contributed by atoms with E-state index in [4.69, 9.17) is 0 Å². The molecule has 0 fully saturated rings. The zero-order valence-electron chi connectivity index (χ0n) is 9.38. The molecule has 1 heterocycles. The first kappa shape index (κ1) is 12.4. The summed E-state index contributed by atoms with van der Waals surface area (Å²) in [7, 11) is 0. The van der Waals surface area contributed by atoms with E-state index in [1.54, 1.807) is 30.3 Å². The van der Waals surface area contributed by atoms with Crippen LogP contribution in [0.3, 0.4) is 0 Å². The second-order valence-electron chi connectivity index (χ2n) is 3.81.